The van der Waals surface area contributed by atoms with Crippen molar-refractivity contribution in [2.24, 2.45) is 5.11 Å². The van der Waals surface area contributed by atoms with E-state index in [9.17, 15) is 4.79 Å². The molecule has 0 amide bonds. The van der Waals surface area contributed by atoms with Crippen molar-refractivity contribution in [3.63, 3.8) is 0 Å². The highest BCUT2D eigenvalue weighted by Gasteiger charge is 2.38. The van der Waals surface area contributed by atoms with Crippen molar-refractivity contribution in [2.45, 2.75) is 50.5 Å². The van der Waals surface area contributed by atoms with Gasteiger partial charge in [-0.2, -0.15) is 0 Å². The highest BCUT2D eigenvalue weighted by atomic mass is 16.5. The molecule has 0 atom stereocenters. The molecule has 1 fully saturated rings. The summed E-state index contributed by atoms with van der Waals surface area (Å²) in [4.78, 5) is 14.7. The lowest BCUT2D eigenvalue weighted by atomic mass is 9.90. The fourth-order valence-corrected chi connectivity index (χ4v) is 2.50. The maximum absolute atomic E-state index is 12.0. The Hall–Kier alpha value is -1.26. The zero-order chi connectivity index (χ0) is 13.3. The Balaban J connectivity index is 2.53. The summed E-state index contributed by atoms with van der Waals surface area (Å²) in [6.45, 7) is 1.13. The Morgan fingerprint density at radius 1 is 1.39 bits per heavy atom. The normalized spacial score (nSPS) is 18.5. The fourth-order valence-electron chi connectivity index (χ4n) is 2.50. The van der Waals surface area contributed by atoms with Crippen molar-refractivity contribution in [1.82, 2.24) is 5.32 Å². The van der Waals surface area contributed by atoms with E-state index >= 15 is 0 Å². The molecular formula is C12H22N4O2. The second-order valence-electron chi connectivity index (χ2n) is 4.72. The van der Waals surface area contributed by atoms with E-state index in [0.29, 0.717) is 13.1 Å². The van der Waals surface area contributed by atoms with Crippen LogP contribution in [0.5, 0.6) is 0 Å². The lowest BCUT2D eigenvalue weighted by Crippen LogP contribution is -2.52. The summed E-state index contributed by atoms with van der Waals surface area (Å²) in [7, 11) is 1.44. The zero-order valence-electron chi connectivity index (χ0n) is 11.0. The molecule has 0 aromatic rings. The van der Waals surface area contributed by atoms with Crippen molar-refractivity contribution in [3.05, 3.63) is 10.4 Å². The predicted molar refractivity (Wildman–Crippen MR) is 69.1 cm³/mol. The third kappa shape index (κ3) is 4.20. The molecule has 1 rings (SSSR count). The van der Waals surface area contributed by atoms with Gasteiger partial charge in [0.05, 0.1) is 7.11 Å². The Morgan fingerprint density at radius 2 is 2.06 bits per heavy atom. The topological polar surface area (TPSA) is 87.1 Å². The quantitative estimate of drug-likeness (QED) is 0.197. The Labute approximate surface area is 108 Å². The molecule has 0 aromatic carbocycles. The van der Waals surface area contributed by atoms with E-state index in [0.717, 1.165) is 32.1 Å². The molecule has 18 heavy (non-hydrogen) atoms. The molecule has 1 aliphatic carbocycles. The minimum absolute atomic E-state index is 0.159. The van der Waals surface area contributed by atoms with Gasteiger partial charge in [0.25, 0.3) is 0 Å². The van der Waals surface area contributed by atoms with E-state index in [1.54, 1.807) is 0 Å². The van der Waals surface area contributed by atoms with E-state index in [1.807, 2.05) is 0 Å². The van der Waals surface area contributed by atoms with Crippen LogP contribution in [0.3, 0.4) is 0 Å². The van der Waals surface area contributed by atoms with Gasteiger partial charge in [0, 0.05) is 11.5 Å². The first kappa shape index (κ1) is 14.8. The second kappa shape index (κ2) is 7.95. The first-order chi connectivity index (χ1) is 8.75. The molecule has 102 valence electrons. The molecule has 0 bridgehead atoms. The fraction of sp³-hybridized carbons (Fsp3) is 0.917. The van der Waals surface area contributed by atoms with Crippen molar-refractivity contribution in [3.8, 4) is 0 Å². The maximum atomic E-state index is 12.0. The summed E-state index contributed by atoms with van der Waals surface area (Å²) in [5.74, 6) is -0.159. The average molecular weight is 254 g/mol. The smallest absolute Gasteiger partial charge is 0.326 e. The summed E-state index contributed by atoms with van der Waals surface area (Å²) < 4.78 is 4.94. The molecule has 6 nitrogen and oxygen atoms in total. The van der Waals surface area contributed by atoms with E-state index in [1.165, 1.54) is 20.0 Å². The summed E-state index contributed by atoms with van der Waals surface area (Å²) in [6, 6.07) is 0. The van der Waals surface area contributed by atoms with E-state index in [-0.39, 0.29) is 5.97 Å². The van der Waals surface area contributed by atoms with Crippen LogP contribution in [0.15, 0.2) is 5.11 Å². The Morgan fingerprint density at radius 3 is 2.61 bits per heavy atom. The lowest BCUT2D eigenvalue weighted by Gasteiger charge is -2.31. The van der Waals surface area contributed by atoms with Crippen LogP contribution in [0.4, 0.5) is 0 Å². The minimum Gasteiger partial charge on any atom is -0.468 e. The molecule has 0 aliphatic heterocycles. The van der Waals surface area contributed by atoms with Crippen LogP contribution < -0.4 is 5.32 Å². The number of carbonyl (C=O) groups excluding carboxylic acids is 1. The number of nitrogens with zero attached hydrogens (tertiary/aromatic N) is 3. The van der Waals surface area contributed by atoms with Gasteiger partial charge in [-0.25, -0.2) is 0 Å². The summed E-state index contributed by atoms with van der Waals surface area (Å²) in [5, 5.41) is 6.81. The molecular weight excluding hydrogens is 232 g/mol. The highest BCUT2D eigenvalue weighted by Crippen LogP contribution is 2.28. The summed E-state index contributed by atoms with van der Waals surface area (Å²) in [5.41, 5.74) is 7.67. The van der Waals surface area contributed by atoms with Crippen LogP contribution in [-0.4, -0.2) is 31.7 Å². The summed E-state index contributed by atoms with van der Waals surface area (Å²) >= 11 is 0. The molecule has 0 aromatic heterocycles. The number of azide groups is 1. The largest absolute Gasteiger partial charge is 0.468 e. The van der Waals surface area contributed by atoms with Crippen molar-refractivity contribution < 1.29 is 9.53 Å². The van der Waals surface area contributed by atoms with Gasteiger partial charge in [-0.05, 0) is 31.3 Å². The Bertz CT molecular complexity index is 305. The number of rotatable bonds is 6. The van der Waals surface area contributed by atoms with Crippen LogP contribution in [-0.2, 0) is 9.53 Å². The van der Waals surface area contributed by atoms with Gasteiger partial charge in [-0.1, -0.05) is 30.8 Å². The van der Waals surface area contributed by atoms with E-state index in [4.69, 9.17) is 10.3 Å². The first-order valence-corrected chi connectivity index (χ1v) is 6.59. The number of nitrogens with one attached hydrogen (secondary N) is 1. The number of methoxy groups -OCH3 is 1. The zero-order valence-corrected chi connectivity index (χ0v) is 11.0. The maximum Gasteiger partial charge on any atom is 0.326 e. The highest BCUT2D eigenvalue weighted by molar-refractivity contribution is 5.80. The van der Waals surface area contributed by atoms with Gasteiger partial charge in [-0.15, -0.1) is 0 Å². The number of ether oxygens (including phenoxy) is 1. The van der Waals surface area contributed by atoms with Gasteiger partial charge < -0.3 is 10.1 Å². The predicted octanol–water partition coefficient (Wildman–Crippen LogP) is 2.54. The molecule has 1 N–H and O–H groups in total. The van der Waals surface area contributed by atoms with Crippen LogP contribution in [0.2, 0.25) is 0 Å². The summed E-state index contributed by atoms with van der Waals surface area (Å²) in [6.07, 6.45) is 6.88. The van der Waals surface area contributed by atoms with Gasteiger partial charge in [0.15, 0.2) is 0 Å². The molecule has 1 saturated carbocycles. The van der Waals surface area contributed by atoms with Crippen LogP contribution in [0.1, 0.15) is 44.9 Å². The van der Waals surface area contributed by atoms with Gasteiger partial charge in [0.2, 0.25) is 0 Å². The molecule has 0 radical (unpaired) electrons. The number of carbonyl (C=O) groups is 1. The Kier molecular flexibility index (Phi) is 6.54. The van der Waals surface area contributed by atoms with E-state index in [2.05, 4.69) is 15.3 Å². The van der Waals surface area contributed by atoms with Crippen molar-refractivity contribution >= 4 is 5.97 Å². The van der Waals surface area contributed by atoms with Gasteiger partial charge in [0.1, 0.15) is 5.54 Å². The first-order valence-electron chi connectivity index (χ1n) is 6.59. The van der Waals surface area contributed by atoms with Crippen LogP contribution in [0.25, 0.3) is 10.4 Å². The lowest BCUT2D eigenvalue weighted by molar-refractivity contribution is -0.149. The standard InChI is InChI=1S/C12H22N4O2/c1-18-11(17)12(7-4-2-3-5-8-12)14-9-6-10-15-16-13/h14H,2-10H2,1H3. The number of esters is 1. The van der Waals surface area contributed by atoms with Crippen molar-refractivity contribution in [2.75, 3.05) is 20.2 Å². The molecule has 0 spiro atoms. The molecule has 0 unspecified atom stereocenters. The monoisotopic (exact) mass is 254 g/mol. The molecule has 0 saturated heterocycles. The third-order valence-corrected chi connectivity index (χ3v) is 3.49. The van der Waals surface area contributed by atoms with E-state index < -0.39 is 5.54 Å². The average Bonchev–Trinajstić information content (AvgIpc) is 2.64. The number of hydrogen-bond acceptors (Lipinski definition) is 4. The van der Waals surface area contributed by atoms with Crippen LogP contribution in [0, 0.1) is 0 Å². The minimum atomic E-state index is -0.526. The molecule has 0 heterocycles. The molecule has 1 aliphatic rings. The SMILES string of the molecule is COC(=O)C1(NCCCN=[N+]=[N-])CCCCCC1. The van der Waals surface area contributed by atoms with Gasteiger partial charge >= 0.3 is 5.97 Å². The second-order valence-corrected chi connectivity index (χ2v) is 4.72. The van der Waals surface area contributed by atoms with Gasteiger partial charge in [-0.3, -0.25) is 4.79 Å². The number of hydrogen-bond donors (Lipinski definition) is 1. The van der Waals surface area contributed by atoms with Crippen molar-refractivity contribution in [1.29, 1.82) is 0 Å². The van der Waals surface area contributed by atoms with Crippen LogP contribution >= 0.6 is 0 Å². The molecule has 6 heteroatoms. The third-order valence-electron chi connectivity index (χ3n) is 3.49.